The highest BCUT2D eigenvalue weighted by Crippen LogP contribution is 2.28. The van der Waals surface area contributed by atoms with Crippen LogP contribution in [0, 0.1) is 12.7 Å². The fourth-order valence-corrected chi connectivity index (χ4v) is 2.62. The maximum atomic E-state index is 14.1. The number of aryl methyl sites for hydroxylation is 1. The normalized spacial score (nSPS) is 12.5. The summed E-state index contributed by atoms with van der Waals surface area (Å²) in [6.07, 6.45) is 4.19. The minimum absolute atomic E-state index is 0.144. The van der Waals surface area contributed by atoms with Gasteiger partial charge in [-0.2, -0.15) is 0 Å². The summed E-state index contributed by atoms with van der Waals surface area (Å²) in [5.74, 6) is 0.298. The number of hydrogen-bond donors (Lipinski definition) is 0. The highest BCUT2D eigenvalue weighted by molar-refractivity contribution is 5.79. The van der Waals surface area contributed by atoms with Crippen molar-refractivity contribution in [2.75, 3.05) is 0 Å². The molecule has 0 radical (unpaired) electrons. The lowest BCUT2D eigenvalue weighted by Gasteiger charge is -2.16. The first-order chi connectivity index (χ1) is 10.2. The van der Waals surface area contributed by atoms with Gasteiger partial charge in [0.25, 0.3) is 0 Å². The Morgan fingerprint density at radius 1 is 1.14 bits per heavy atom. The van der Waals surface area contributed by atoms with Crippen LogP contribution in [0.1, 0.15) is 36.3 Å². The van der Waals surface area contributed by atoms with E-state index in [4.69, 9.17) is 0 Å². The van der Waals surface area contributed by atoms with Crippen LogP contribution in [0.25, 0.3) is 10.9 Å². The summed E-state index contributed by atoms with van der Waals surface area (Å²) < 4.78 is 14.1. The predicted molar refractivity (Wildman–Crippen MR) is 80.6 cm³/mol. The molecule has 0 aliphatic rings. The Labute approximate surface area is 122 Å². The number of pyridine rings is 1. The van der Waals surface area contributed by atoms with E-state index in [0.717, 1.165) is 23.0 Å². The molecule has 1 aromatic carbocycles. The Hall–Kier alpha value is -2.36. The molecule has 0 bridgehead atoms. The van der Waals surface area contributed by atoms with Crippen molar-refractivity contribution in [3.63, 3.8) is 0 Å². The van der Waals surface area contributed by atoms with Gasteiger partial charge in [-0.05, 0) is 31.0 Å². The summed E-state index contributed by atoms with van der Waals surface area (Å²) in [6.45, 7) is 3.96. The molecule has 106 valence electrons. The molecular weight excluding hydrogens is 265 g/mol. The van der Waals surface area contributed by atoms with E-state index >= 15 is 0 Å². The highest BCUT2D eigenvalue weighted by atomic mass is 19.1. The molecule has 0 N–H and O–H groups in total. The third-order valence-corrected chi connectivity index (χ3v) is 3.71. The van der Waals surface area contributed by atoms with Gasteiger partial charge in [0.2, 0.25) is 0 Å². The maximum Gasteiger partial charge on any atom is 0.136 e. The molecule has 0 aliphatic carbocycles. The van der Waals surface area contributed by atoms with Crippen LogP contribution >= 0.6 is 0 Å². The van der Waals surface area contributed by atoms with Gasteiger partial charge in [0, 0.05) is 23.2 Å². The van der Waals surface area contributed by atoms with Crippen molar-refractivity contribution < 1.29 is 4.39 Å². The van der Waals surface area contributed by atoms with Gasteiger partial charge in [-0.15, -0.1) is 0 Å². The van der Waals surface area contributed by atoms with Gasteiger partial charge in [-0.3, -0.25) is 4.98 Å². The van der Waals surface area contributed by atoms with Crippen LogP contribution in [0.2, 0.25) is 0 Å². The van der Waals surface area contributed by atoms with Gasteiger partial charge in [0.15, 0.2) is 0 Å². The summed E-state index contributed by atoms with van der Waals surface area (Å²) in [6, 6.07) is 8.72. The van der Waals surface area contributed by atoms with E-state index in [2.05, 4.69) is 15.0 Å². The van der Waals surface area contributed by atoms with E-state index in [1.54, 1.807) is 24.5 Å². The van der Waals surface area contributed by atoms with Gasteiger partial charge < -0.3 is 0 Å². The molecule has 0 spiro atoms. The van der Waals surface area contributed by atoms with Crippen LogP contribution in [-0.2, 0) is 0 Å². The second kappa shape index (κ2) is 5.56. The Morgan fingerprint density at radius 2 is 1.95 bits per heavy atom. The molecule has 3 nitrogen and oxygen atoms in total. The summed E-state index contributed by atoms with van der Waals surface area (Å²) in [7, 11) is 0. The number of rotatable bonds is 3. The molecule has 0 fully saturated rings. The zero-order chi connectivity index (χ0) is 14.8. The second-order valence-electron chi connectivity index (χ2n) is 5.04. The molecule has 0 amide bonds. The topological polar surface area (TPSA) is 38.7 Å². The van der Waals surface area contributed by atoms with Gasteiger partial charge in [-0.1, -0.05) is 25.1 Å². The lowest BCUT2D eigenvalue weighted by atomic mass is 9.95. The Balaban J connectivity index is 2.16. The van der Waals surface area contributed by atoms with Crippen molar-refractivity contribution in [3.05, 3.63) is 65.6 Å². The molecule has 1 unspecified atom stereocenters. The fourth-order valence-electron chi connectivity index (χ4n) is 2.62. The molecule has 0 aliphatic heterocycles. The molecule has 4 heteroatoms. The molecule has 1 atom stereocenters. The summed E-state index contributed by atoms with van der Waals surface area (Å²) >= 11 is 0. The van der Waals surface area contributed by atoms with Crippen molar-refractivity contribution in [2.24, 2.45) is 0 Å². The average molecular weight is 281 g/mol. The fraction of sp³-hybridized carbons (Fsp3) is 0.235. The van der Waals surface area contributed by atoms with Crippen LogP contribution < -0.4 is 0 Å². The highest BCUT2D eigenvalue weighted by Gasteiger charge is 2.19. The minimum atomic E-state index is -0.211. The van der Waals surface area contributed by atoms with Crippen molar-refractivity contribution in [1.82, 2.24) is 15.0 Å². The Kier molecular flexibility index (Phi) is 3.60. The van der Waals surface area contributed by atoms with Crippen LogP contribution in [0.3, 0.4) is 0 Å². The van der Waals surface area contributed by atoms with Crippen molar-refractivity contribution in [1.29, 1.82) is 0 Å². The Morgan fingerprint density at radius 3 is 2.71 bits per heavy atom. The molecule has 3 aromatic rings. The number of halogens is 1. The SMILES string of the molecule is CCC(c1nc(C)c2ccncc2n1)c1ccccc1F. The van der Waals surface area contributed by atoms with Crippen molar-refractivity contribution >= 4 is 10.9 Å². The predicted octanol–water partition coefficient (Wildman–Crippen LogP) is 4.01. The largest absolute Gasteiger partial charge is 0.262 e. The van der Waals surface area contributed by atoms with E-state index in [9.17, 15) is 4.39 Å². The molecule has 3 rings (SSSR count). The number of fused-ring (bicyclic) bond motifs is 1. The summed E-state index contributed by atoms with van der Waals surface area (Å²) in [5, 5.41) is 0.983. The zero-order valence-electron chi connectivity index (χ0n) is 12.0. The molecular formula is C17H16FN3. The first-order valence-electron chi connectivity index (χ1n) is 7.03. The summed E-state index contributed by atoms with van der Waals surface area (Å²) in [5.41, 5.74) is 2.34. The van der Waals surface area contributed by atoms with Gasteiger partial charge >= 0.3 is 0 Å². The quantitative estimate of drug-likeness (QED) is 0.728. The first-order valence-corrected chi connectivity index (χ1v) is 7.03. The maximum absolute atomic E-state index is 14.1. The van der Waals surface area contributed by atoms with Gasteiger partial charge in [-0.25, -0.2) is 14.4 Å². The number of benzene rings is 1. The van der Waals surface area contributed by atoms with E-state index in [1.807, 2.05) is 26.0 Å². The lowest BCUT2D eigenvalue weighted by Crippen LogP contribution is -2.08. The van der Waals surface area contributed by atoms with Gasteiger partial charge in [0.05, 0.1) is 11.7 Å². The average Bonchev–Trinajstić information content (AvgIpc) is 2.50. The Bertz CT molecular complexity index is 786. The minimum Gasteiger partial charge on any atom is -0.262 e. The lowest BCUT2D eigenvalue weighted by molar-refractivity contribution is 0.584. The first kappa shape index (κ1) is 13.6. The van der Waals surface area contributed by atoms with Crippen molar-refractivity contribution in [2.45, 2.75) is 26.2 Å². The van der Waals surface area contributed by atoms with E-state index in [1.165, 1.54) is 6.07 Å². The van der Waals surface area contributed by atoms with Gasteiger partial charge in [0.1, 0.15) is 11.6 Å². The third-order valence-electron chi connectivity index (χ3n) is 3.71. The standard InChI is InChI=1S/C17H16FN3/c1-3-12(14-6-4-5-7-15(14)18)17-20-11(2)13-8-9-19-10-16(13)21-17/h4-10,12H,3H2,1-2H3. The monoisotopic (exact) mass is 281 g/mol. The number of hydrogen-bond acceptors (Lipinski definition) is 3. The van der Waals surface area contributed by atoms with E-state index < -0.39 is 0 Å². The number of nitrogens with zero attached hydrogens (tertiary/aromatic N) is 3. The second-order valence-corrected chi connectivity index (χ2v) is 5.04. The summed E-state index contributed by atoms with van der Waals surface area (Å²) in [4.78, 5) is 13.3. The zero-order valence-corrected chi connectivity index (χ0v) is 12.0. The van der Waals surface area contributed by atoms with E-state index in [-0.39, 0.29) is 11.7 Å². The van der Waals surface area contributed by atoms with E-state index in [0.29, 0.717) is 11.4 Å². The van der Waals surface area contributed by atoms with Crippen molar-refractivity contribution in [3.8, 4) is 0 Å². The van der Waals surface area contributed by atoms with Crippen LogP contribution in [0.5, 0.6) is 0 Å². The smallest absolute Gasteiger partial charge is 0.136 e. The molecule has 0 saturated carbocycles. The molecule has 0 saturated heterocycles. The molecule has 2 heterocycles. The molecule has 2 aromatic heterocycles. The molecule has 21 heavy (non-hydrogen) atoms. The van der Waals surface area contributed by atoms with Crippen LogP contribution in [-0.4, -0.2) is 15.0 Å². The third kappa shape index (κ3) is 2.49. The van der Waals surface area contributed by atoms with Crippen LogP contribution in [0.4, 0.5) is 4.39 Å². The number of aromatic nitrogens is 3. The van der Waals surface area contributed by atoms with Crippen LogP contribution in [0.15, 0.2) is 42.7 Å².